The van der Waals surface area contributed by atoms with Crippen molar-refractivity contribution < 1.29 is 19.8 Å². The van der Waals surface area contributed by atoms with Gasteiger partial charge in [-0.2, -0.15) is 0 Å². The number of amides is 2. The van der Waals surface area contributed by atoms with E-state index in [0.29, 0.717) is 12.8 Å². The maximum absolute atomic E-state index is 11.7. The number of urea groups is 1. The van der Waals surface area contributed by atoms with Crippen LogP contribution in [0.5, 0.6) is 0 Å². The van der Waals surface area contributed by atoms with Crippen molar-refractivity contribution in [3.05, 3.63) is 35.9 Å². The SMILES string of the molecule is C[C@@H](O)CNC(=O)NC(CCC(=O)O)Cc1ccccc1. The first-order valence-electron chi connectivity index (χ1n) is 6.95. The summed E-state index contributed by atoms with van der Waals surface area (Å²) in [5.74, 6) is -0.890. The molecule has 1 aromatic carbocycles. The van der Waals surface area contributed by atoms with E-state index in [1.165, 1.54) is 0 Å². The predicted octanol–water partition coefficient (Wildman–Crippen LogP) is 1.14. The van der Waals surface area contributed by atoms with Crippen LogP contribution in [-0.2, 0) is 11.2 Å². The quantitative estimate of drug-likeness (QED) is 0.578. The van der Waals surface area contributed by atoms with Gasteiger partial charge in [-0.25, -0.2) is 4.79 Å². The molecule has 0 aliphatic carbocycles. The smallest absolute Gasteiger partial charge is 0.315 e. The third kappa shape index (κ3) is 7.94. The molecule has 0 aliphatic heterocycles. The number of aliphatic hydroxyl groups excluding tert-OH is 1. The number of carbonyl (C=O) groups is 2. The van der Waals surface area contributed by atoms with Gasteiger partial charge in [0.15, 0.2) is 0 Å². The number of carbonyl (C=O) groups excluding carboxylic acids is 1. The van der Waals surface area contributed by atoms with Gasteiger partial charge in [0.1, 0.15) is 0 Å². The maximum Gasteiger partial charge on any atom is 0.315 e. The van der Waals surface area contributed by atoms with E-state index in [0.717, 1.165) is 5.56 Å². The van der Waals surface area contributed by atoms with Gasteiger partial charge in [0, 0.05) is 19.0 Å². The van der Waals surface area contributed by atoms with E-state index in [-0.39, 0.29) is 19.0 Å². The summed E-state index contributed by atoms with van der Waals surface area (Å²) in [4.78, 5) is 22.4. The zero-order valence-electron chi connectivity index (χ0n) is 12.1. The number of carboxylic acid groups (broad SMARTS) is 1. The lowest BCUT2D eigenvalue weighted by atomic mass is 10.0. The molecule has 116 valence electrons. The lowest BCUT2D eigenvalue weighted by Crippen LogP contribution is -2.45. The average Bonchev–Trinajstić information content (AvgIpc) is 2.43. The molecule has 0 aromatic heterocycles. The number of nitrogens with one attached hydrogen (secondary N) is 2. The van der Waals surface area contributed by atoms with Crippen molar-refractivity contribution in [2.45, 2.75) is 38.3 Å². The Bertz CT molecular complexity index is 448. The summed E-state index contributed by atoms with van der Waals surface area (Å²) in [5, 5.41) is 23.2. The Hall–Kier alpha value is -2.08. The van der Waals surface area contributed by atoms with Crippen LogP contribution in [0.25, 0.3) is 0 Å². The molecular formula is C15H22N2O4. The molecule has 0 saturated carbocycles. The van der Waals surface area contributed by atoms with Crippen LogP contribution in [0.4, 0.5) is 4.79 Å². The number of carboxylic acids is 1. The zero-order chi connectivity index (χ0) is 15.7. The molecule has 0 fully saturated rings. The van der Waals surface area contributed by atoms with Gasteiger partial charge in [0.25, 0.3) is 0 Å². The Kier molecular flexibility index (Phi) is 7.25. The molecule has 0 saturated heterocycles. The van der Waals surface area contributed by atoms with Crippen molar-refractivity contribution in [2.24, 2.45) is 0 Å². The third-order valence-electron chi connectivity index (χ3n) is 2.92. The molecule has 4 N–H and O–H groups in total. The molecule has 1 aromatic rings. The van der Waals surface area contributed by atoms with E-state index in [1.54, 1.807) is 6.92 Å². The minimum Gasteiger partial charge on any atom is -0.481 e. The second-order valence-electron chi connectivity index (χ2n) is 5.02. The minimum absolute atomic E-state index is 0.00577. The van der Waals surface area contributed by atoms with Crippen LogP contribution >= 0.6 is 0 Å². The van der Waals surface area contributed by atoms with Crippen LogP contribution in [0.1, 0.15) is 25.3 Å². The standard InChI is InChI=1S/C15H22N2O4/c1-11(18)10-16-15(21)17-13(7-8-14(19)20)9-12-5-3-2-4-6-12/h2-6,11,13,18H,7-10H2,1H3,(H,19,20)(H2,16,17,21)/t11-,13?/m1/s1. The van der Waals surface area contributed by atoms with Gasteiger partial charge in [0.2, 0.25) is 0 Å². The van der Waals surface area contributed by atoms with E-state index < -0.39 is 18.1 Å². The fourth-order valence-electron chi connectivity index (χ4n) is 1.90. The summed E-state index contributed by atoms with van der Waals surface area (Å²) in [5.41, 5.74) is 1.03. The van der Waals surface area contributed by atoms with Crippen LogP contribution in [0.15, 0.2) is 30.3 Å². The molecule has 21 heavy (non-hydrogen) atoms. The molecule has 6 nitrogen and oxygen atoms in total. The molecule has 2 atom stereocenters. The Balaban J connectivity index is 2.55. The molecule has 0 radical (unpaired) electrons. The summed E-state index contributed by atoms with van der Waals surface area (Å²) < 4.78 is 0. The highest BCUT2D eigenvalue weighted by Crippen LogP contribution is 2.08. The molecule has 0 aliphatic rings. The first-order chi connectivity index (χ1) is 9.97. The Labute approximate surface area is 124 Å². The van der Waals surface area contributed by atoms with Gasteiger partial charge >= 0.3 is 12.0 Å². The van der Waals surface area contributed by atoms with Crippen LogP contribution in [0, 0.1) is 0 Å². The highest BCUT2D eigenvalue weighted by Gasteiger charge is 2.14. The highest BCUT2D eigenvalue weighted by molar-refractivity contribution is 5.74. The van der Waals surface area contributed by atoms with Crippen LogP contribution < -0.4 is 10.6 Å². The Morgan fingerprint density at radius 1 is 1.24 bits per heavy atom. The van der Waals surface area contributed by atoms with E-state index in [4.69, 9.17) is 10.2 Å². The lowest BCUT2D eigenvalue weighted by molar-refractivity contribution is -0.137. The van der Waals surface area contributed by atoms with E-state index in [2.05, 4.69) is 10.6 Å². The van der Waals surface area contributed by atoms with E-state index in [1.807, 2.05) is 30.3 Å². The van der Waals surface area contributed by atoms with E-state index in [9.17, 15) is 9.59 Å². The van der Waals surface area contributed by atoms with Crippen LogP contribution in [0.3, 0.4) is 0 Å². The Morgan fingerprint density at radius 3 is 2.48 bits per heavy atom. The molecular weight excluding hydrogens is 272 g/mol. The number of benzene rings is 1. The number of hydrogen-bond acceptors (Lipinski definition) is 3. The molecule has 2 amide bonds. The molecule has 1 rings (SSSR count). The fraction of sp³-hybridized carbons (Fsp3) is 0.467. The molecule has 0 bridgehead atoms. The molecule has 0 spiro atoms. The van der Waals surface area contributed by atoms with Gasteiger partial charge in [-0.1, -0.05) is 30.3 Å². The van der Waals surface area contributed by atoms with Crippen molar-refractivity contribution in [1.82, 2.24) is 10.6 Å². The molecule has 6 heteroatoms. The average molecular weight is 294 g/mol. The van der Waals surface area contributed by atoms with Crippen molar-refractivity contribution in [3.8, 4) is 0 Å². The summed E-state index contributed by atoms with van der Waals surface area (Å²) >= 11 is 0. The van der Waals surface area contributed by atoms with Gasteiger partial charge in [-0.3, -0.25) is 4.79 Å². The number of rotatable bonds is 8. The first kappa shape index (κ1) is 17.0. The maximum atomic E-state index is 11.7. The van der Waals surface area contributed by atoms with Crippen LogP contribution in [-0.4, -0.2) is 40.9 Å². The predicted molar refractivity (Wildman–Crippen MR) is 79.0 cm³/mol. The number of aliphatic carboxylic acids is 1. The summed E-state index contributed by atoms with van der Waals surface area (Å²) in [6.07, 6.45) is 0.291. The topological polar surface area (TPSA) is 98.7 Å². The number of aliphatic hydroxyl groups is 1. The summed E-state index contributed by atoms with van der Waals surface area (Å²) in [7, 11) is 0. The highest BCUT2D eigenvalue weighted by atomic mass is 16.4. The fourth-order valence-corrected chi connectivity index (χ4v) is 1.90. The van der Waals surface area contributed by atoms with Crippen molar-refractivity contribution in [1.29, 1.82) is 0 Å². The second kappa shape index (κ2) is 8.97. The van der Waals surface area contributed by atoms with Gasteiger partial charge < -0.3 is 20.8 Å². The summed E-state index contributed by atoms with van der Waals surface area (Å²) in [6.45, 7) is 1.73. The zero-order valence-corrected chi connectivity index (χ0v) is 12.1. The normalized spacial score (nSPS) is 13.2. The largest absolute Gasteiger partial charge is 0.481 e. The van der Waals surface area contributed by atoms with Crippen molar-refractivity contribution in [3.63, 3.8) is 0 Å². The van der Waals surface area contributed by atoms with Crippen molar-refractivity contribution >= 4 is 12.0 Å². The molecule has 1 unspecified atom stereocenters. The summed E-state index contributed by atoms with van der Waals surface area (Å²) in [6, 6.07) is 8.90. The second-order valence-corrected chi connectivity index (χ2v) is 5.02. The van der Waals surface area contributed by atoms with Gasteiger partial charge in [-0.05, 0) is 25.3 Å². The third-order valence-corrected chi connectivity index (χ3v) is 2.92. The number of hydrogen-bond donors (Lipinski definition) is 4. The minimum atomic E-state index is -0.890. The molecule has 0 heterocycles. The lowest BCUT2D eigenvalue weighted by Gasteiger charge is -2.19. The van der Waals surface area contributed by atoms with E-state index >= 15 is 0 Å². The van der Waals surface area contributed by atoms with Gasteiger partial charge in [0.05, 0.1) is 6.10 Å². The van der Waals surface area contributed by atoms with Crippen molar-refractivity contribution in [2.75, 3.05) is 6.54 Å². The Morgan fingerprint density at radius 2 is 1.90 bits per heavy atom. The van der Waals surface area contributed by atoms with Crippen LogP contribution in [0.2, 0.25) is 0 Å². The monoisotopic (exact) mass is 294 g/mol. The van der Waals surface area contributed by atoms with Gasteiger partial charge in [-0.15, -0.1) is 0 Å². The first-order valence-corrected chi connectivity index (χ1v) is 6.95.